The van der Waals surface area contributed by atoms with Gasteiger partial charge >= 0.3 is 0 Å². The van der Waals surface area contributed by atoms with Gasteiger partial charge in [-0.15, -0.1) is 0 Å². The molecule has 5 rings (SSSR count). The maximum atomic E-state index is 11.8. The molecule has 0 aromatic heterocycles. The fourth-order valence-corrected chi connectivity index (χ4v) is 2.99. The highest BCUT2D eigenvalue weighted by Crippen LogP contribution is 2.17. The lowest BCUT2D eigenvalue weighted by atomic mass is 10.0. The molecule has 1 heteroatoms. The summed E-state index contributed by atoms with van der Waals surface area (Å²) < 4.78 is 0. The van der Waals surface area contributed by atoms with E-state index in [2.05, 4.69) is 48.5 Å². The number of benzene rings is 5. The average molecular weight is 595 g/mol. The molecule has 0 saturated heterocycles. The zero-order valence-corrected chi connectivity index (χ0v) is 29.9. The van der Waals surface area contributed by atoms with Crippen LogP contribution in [0.25, 0.3) is 11.1 Å². The fourth-order valence-electron chi connectivity index (χ4n) is 2.99. The van der Waals surface area contributed by atoms with Crippen LogP contribution in [-0.4, -0.2) is 5.78 Å². The van der Waals surface area contributed by atoms with Crippen molar-refractivity contribution in [2.24, 2.45) is 0 Å². The van der Waals surface area contributed by atoms with Crippen LogP contribution in [0.2, 0.25) is 0 Å². The highest BCUT2D eigenvalue weighted by atomic mass is 16.1. The van der Waals surface area contributed by atoms with E-state index >= 15 is 0 Å². The van der Waals surface area contributed by atoms with Gasteiger partial charge in [0.1, 0.15) is 0 Å². The second-order valence-electron chi connectivity index (χ2n) is 6.95. The summed E-state index contributed by atoms with van der Waals surface area (Å²) in [4.78, 5) is 11.8. The number of rotatable bonds is 3. The molecule has 0 heterocycles. The van der Waals surface area contributed by atoms with Gasteiger partial charge in [-0.2, -0.15) is 0 Å². The first-order chi connectivity index (χ1) is 21.8. The average Bonchev–Trinajstić information content (AvgIpc) is 3.19. The van der Waals surface area contributed by atoms with Crippen LogP contribution in [0, 0.1) is 0 Å². The summed E-state index contributed by atoms with van der Waals surface area (Å²) in [5.41, 5.74) is 4.02. The van der Waals surface area contributed by atoms with Crippen molar-refractivity contribution in [1.82, 2.24) is 0 Å². The standard InChI is InChI=1S/C13H10O.C12H10.C6H6.6C2H6/c14-13(11-7-3-1-4-8-11)12-9-5-2-6-10-12;1-3-7-11(8-4-1)12-9-5-2-6-10-12;1-2-4-6-5-3-1;6*1-2/h1-10H;1-10H;1-6H;6*1-2H3. The molecule has 0 unspecified atom stereocenters. The van der Waals surface area contributed by atoms with Crippen molar-refractivity contribution >= 4 is 5.78 Å². The molecule has 0 aliphatic carbocycles. The van der Waals surface area contributed by atoms with Crippen LogP contribution < -0.4 is 0 Å². The van der Waals surface area contributed by atoms with Crippen molar-refractivity contribution in [2.45, 2.75) is 83.1 Å². The molecule has 0 radical (unpaired) electrons. The van der Waals surface area contributed by atoms with Crippen molar-refractivity contribution in [3.63, 3.8) is 0 Å². The van der Waals surface area contributed by atoms with Gasteiger partial charge in [-0.3, -0.25) is 4.79 Å². The second-order valence-corrected chi connectivity index (χ2v) is 6.95. The summed E-state index contributed by atoms with van der Waals surface area (Å²) in [6.07, 6.45) is 0. The lowest BCUT2D eigenvalue weighted by Gasteiger charge is -1.99. The Kier molecular flexibility index (Phi) is 43.4. The van der Waals surface area contributed by atoms with Crippen LogP contribution in [0.3, 0.4) is 0 Å². The van der Waals surface area contributed by atoms with E-state index in [4.69, 9.17) is 0 Å². The van der Waals surface area contributed by atoms with Crippen molar-refractivity contribution in [2.75, 3.05) is 0 Å². The Hall–Kier alpha value is -4.23. The first-order valence-corrected chi connectivity index (χ1v) is 16.6. The van der Waals surface area contributed by atoms with Gasteiger partial charge in [-0.1, -0.05) is 241 Å². The number of ketones is 1. The highest BCUT2D eigenvalue weighted by molar-refractivity contribution is 6.08. The summed E-state index contributed by atoms with van der Waals surface area (Å²) in [6, 6.07) is 51.4. The van der Waals surface area contributed by atoms with E-state index in [0.717, 1.165) is 11.1 Å². The van der Waals surface area contributed by atoms with Crippen molar-refractivity contribution in [3.8, 4) is 11.1 Å². The maximum absolute atomic E-state index is 11.8. The molecule has 0 saturated carbocycles. The molecule has 0 aliphatic heterocycles. The number of hydrogen-bond acceptors (Lipinski definition) is 1. The Morgan fingerprint density at radius 3 is 0.636 bits per heavy atom. The smallest absolute Gasteiger partial charge is 0.193 e. The summed E-state index contributed by atoms with van der Waals surface area (Å²) in [5, 5.41) is 0. The van der Waals surface area contributed by atoms with E-state index in [1.807, 2.05) is 192 Å². The van der Waals surface area contributed by atoms with E-state index in [9.17, 15) is 4.79 Å². The molecule has 44 heavy (non-hydrogen) atoms. The van der Waals surface area contributed by atoms with Crippen LogP contribution in [0.5, 0.6) is 0 Å². The fraction of sp³-hybridized carbons (Fsp3) is 0.279. The number of carbonyl (C=O) groups excluding carboxylic acids is 1. The Bertz CT molecular complexity index is 1030. The van der Waals surface area contributed by atoms with Gasteiger partial charge in [0.25, 0.3) is 0 Å². The number of hydrogen-bond donors (Lipinski definition) is 0. The van der Waals surface area contributed by atoms with Gasteiger partial charge in [0.15, 0.2) is 5.78 Å². The van der Waals surface area contributed by atoms with Gasteiger partial charge in [-0.25, -0.2) is 0 Å². The Morgan fingerprint density at radius 1 is 0.273 bits per heavy atom. The summed E-state index contributed by atoms with van der Waals surface area (Å²) in [5.74, 6) is 0.0752. The minimum absolute atomic E-state index is 0.0752. The minimum Gasteiger partial charge on any atom is -0.289 e. The van der Waals surface area contributed by atoms with Crippen LogP contribution in [0.15, 0.2) is 158 Å². The van der Waals surface area contributed by atoms with Crippen molar-refractivity contribution in [3.05, 3.63) is 169 Å². The molecule has 0 N–H and O–H groups in total. The van der Waals surface area contributed by atoms with Crippen LogP contribution >= 0.6 is 0 Å². The molecule has 0 amide bonds. The topological polar surface area (TPSA) is 17.1 Å². The molecular weight excluding hydrogens is 532 g/mol. The van der Waals surface area contributed by atoms with Crippen molar-refractivity contribution in [1.29, 1.82) is 0 Å². The normalized spacial score (nSPS) is 7.64. The minimum atomic E-state index is 0.0752. The third-order valence-corrected chi connectivity index (χ3v) is 4.62. The molecule has 1 nitrogen and oxygen atoms in total. The van der Waals surface area contributed by atoms with Gasteiger partial charge in [-0.05, 0) is 11.1 Å². The Balaban J connectivity index is -0.000000241. The van der Waals surface area contributed by atoms with Crippen LogP contribution in [0.1, 0.15) is 99.0 Å². The molecule has 0 aliphatic rings. The molecule has 0 fully saturated rings. The summed E-state index contributed by atoms with van der Waals surface area (Å²) >= 11 is 0. The molecule has 0 bridgehead atoms. The zero-order chi connectivity index (χ0) is 34.3. The zero-order valence-electron chi connectivity index (χ0n) is 29.9. The third-order valence-electron chi connectivity index (χ3n) is 4.62. The van der Waals surface area contributed by atoms with E-state index in [-0.39, 0.29) is 5.78 Å². The largest absolute Gasteiger partial charge is 0.289 e. The van der Waals surface area contributed by atoms with Crippen LogP contribution in [-0.2, 0) is 0 Å². The SMILES string of the molecule is CC.CC.CC.CC.CC.CC.O=C(c1ccccc1)c1ccccc1.c1ccc(-c2ccccc2)cc1.c1ccccc1. The first-order valence-electron chi connectivity index (χ1n) is 16.6. The maximum Gasteiger partial charge on any atom is 0.193 e. The van der Waals surface area contributed by atoms with E-state index in [1.165, 1.54) is 11.1 Å². The molecule has 5 aromatic carbocycles. The van der Waals surface area contributed by atoms with Gasteiger partial charge in [0.2, 0.25) is 0 Å². The number of carbonyl (C=O) groups is 1. The predicted octanol–water partition coefficient (Wildman–Crippen LogP) is 14.1. The quantitative estimate of drug-likeness (QED) is 0.190. The predicted molar refractivity (Wildman–Crippen MR) is 203 cm³/mol. The highest BCUT2D eigenvalue weighted by Gasteiger charge is 2.06. The molecule has 0 atom stereocenters. The summed E-state index contributed by atoms with van der Waals surface area (Å²) in [6.45, 7) is 24.0. The van der Waals surface area contributed by atoms with E-state index in [1.54, 1.807) is 0 Å². The summed E-state index contributed by atoms with van der Waals surface area (Å²) in [7, 11) is 0. The van der Waals surface area contributed by atoms with E-state index < -0.39 is 0 Å². The second kappa shape index (κ2) is 40.9. The molecule has 0 spiro atoms. The lowest BCUT2D eigenvalue weighted by molar-refractivity contribution is 0.103. The molecular formula is C43H62O. The lowest BCUT2D eigenvalue weighted by Crippen LogP contribution is -1.99. The van der Waals surface area contributed by atoms with Crippen LogP contribution in [0.4, 0.5) is 0 Å². The Morgan fingerprint density at radius 2 is 0.432 bits per heavy atom. The molecule has 240 valence electrons. The van der Waals surface area contributed by atoms with Crippen molar-refractivity contribution < 1.29 is 4.79 Å². The first kappa shape index (κ1) is 46.7. The third kappa shape index (κ3) is 24.4. The monoisotopic (exact) mass is 594 g/mol. The Labute approximate surface area is 273 Å². The van der Waals surface area contributed by atoms with E-state index in [0.29, 0.717) is 0 Å². The van der Waals surface area contributed by atoms with Gasteiger partial charge in [0, 0.05) is 11.1 Å². The van der Waals surface area contributed by atoms with Gasteiger partial charge in [0.05, 0.1) is 0 Å². The van der Waals surface area contributed by atoms with Gasteiger partial charge < -0.3 is 0 Å². The molecule has 5 aromatic rings.